The van der Waals surface area contributed by atoms with Gasteiger partial charge in [0.05, 0.1) is 11.2 Å². The highest BCUT2D eigenvalue weighted by Gasteiger charge is 2.18. The molecule has 5 rings (SSSR count). The fourth-order valence-electron chi connectivity index (χ4n) is 3.73. The Morgan fingerprint density at radius 3 is 2.46 bits per heavy atom. The van der Waals surface area contributed by atoms with Crippen LogP contribution >= 0.6 is 0 Å². The number of halogens is 2. The summed E-state index contributed by atoms with van der Waals surface area (Å²) in [6.45, 7) is 0. The predicted molar refractivity (Wildman–Crippen MR) is 111 cm³/mol. The molecule has 0 atom stereocenters. The minimum Gasteiger partial charge on any atom is -0.293 e. The van der Waals surface area contributed by atoms with Gasteiger partial charge in [0.25, 0.3) is 0 Å². The maximum Gasteiger partial charge on any atom is 0.694 e. The van der Waals surface area contributed by atoms with Crippen molar-refractivity contribution in [2.75, 3.05) is 0 Å². The number of hydrogen-bond acceptors (Lipinski definition) is 1. The van der Waals surface area contributed by atoms with E-state index < -0.39 is 7.40 Å². The molecule has 2 heterocycles. The van der Waals surface area contributed by atoms with Crippen molar-refractivity contribution in [2.24, 2.45) is 9.90 Å². The zero-order chi connectivity index (χ0) is 19.1. The number of hydrogen-bond donors (Lipinski definition) is 0. The molecule has 4 aromatic rings. The SMILES string of the molecule is FB(F)/N=C1/C=C\C=C(\c2ccccc2)n2c(c3cccc4cccc2c43)=N1. The van der Waals surface area contributed by atoms with Crippen LogP contribution in [0.2, 0.25) is 0 Å². The molecule has 0 saturated heterocycles. The van der Waals surface area contributed by atoms with E-state index in [1.807, 2.05) is 77.4 Å². The molecule has 1 aliphatic rings. The normalized spacial score (nSPS) is 18.2. The van der Waals surface area contributed by atoms with Gasteiger partial charge in [-0.15, -0.1) is 0 Å². The molecular formula is C22H14BF2N3. The molecule has 0 N–H and O–H groups in total. The van der Waals surface area contributed by atoms with Gasteiger partial charge < -0.3 is 0 Å². The Bertz CT molecular complexity index is 1330. The number of rotatable bonds is 2. The molecular weight excluding hydrogens is 355 g/mol. The van der Waals surface area contributed by atoms with Gasteiger partial charge in [-0.2, -0.15) is 0 Å². The van der Waals surface area contributed by atoms with Gasteiger partial charge >= 0.3 is 7.40 Å². The van der Waals surface area contributed by atoms with Crippen LogP contribution in [-0.2, 0) is 0 Å². The minimum absolute atomic E-state index is 0.00294. The third kappa shape index (κ3) is 2.65. The molecule has 0 aliphatic carbocycles. The Morgan fingerprint density at radius 2 is 1.68 bits per heavy atom. The molecule has 3 aromatic carbocycles. The van der Waals surface area contributed by atoms with Gasteiger partial charge in [-0.1, -0.05) is 66.7 Å². The quantitative estimate of drug-likeness (QED) is 0.449. The van der Waals surface area contributed by atoms with E-state index in [1.54, 1.807) is 6.08 Å². The number of fused-ring (bicyclic) bond motifs is 3. The van der Waals surface area contributed by atoms with Crippen molar-refractivity contribution in [1.29, 1.82) is 0 Å². The van der Waals surface area contributed by atoms with E-state index in [-0.39, 0.29) is 5.84 Å². The number of benzene rings is 3. The summed E-state index contributed by atoms with van der Waals surface area (Å²) in [6.07, 6.45) is 5.14. The minimum atomic E-state index is -2.81. The summed E-state index contributed by atoms with van der Waals surface area (Å²) in [5.74, 6) is 0.00294. The van der Waals surface area contributed by atoms with E-state index in [1.165, 1.54) is 6.08 Å². The average Bonchev–Trinajstić information content (AvgIpc) is 2.98. The van der Waals surface area contributed by atoms with Crippen LogP contribution in [-0.4, -0.2) is 17.8 Å². The summed E-state index contributed by atoms with van der Waals surface area (Å²) in [5.41, 5.74) is 3.52. The second kappa shape index (κ2) is 6.57. The lowest BCUT2D eigenvalue weighted by Crippen LogP contribution is -2.20. The van der Waals surface area contributed by atoms with Gasteiger partial charge in [-0.05, 0) is 29.2 Å². The van der Waals surface area contributed by atoms with E-state index in [9.17, 15) is 8.63 Å². The largest absolute Gasteiger partial charge is 0.694 e. The molecule has 0 amide bonds. The first-order chi connectivity index (χ1) is 13.7. The Balaban J connectivity index is 1.96. The zero-order valence-corrected chi connectivity index (χ0v) is 14.8. The Morgan fingerprint density at radius 1 is 0.893 bits per heavy atom. The molecule has 0 unspecified atom stereocenters. The highest BCUT2D eigenvalue weighted by atomic mass is 19.2. The van der Waals surface area contributed by atoms with Crippen molar-refractivity contribution >= 4 is 40.6 Å². The van der Waals surface area contributed by atoms with E-state index in [0.29, 0.717) is 5.49 Å². The molecule has 6 heteroatoms. The van der Waals surface area contributed by atoms with Gasteiger partial charge in [-0.3, -0.25) is 18.1 Å². The molecule has 0 bridgehead atoms. The van der Waals surface area contributed by atoms with Gasteiger partial charge in [0, 0.05) is 10.8 Å². The Labute approximate surface area is 160 Å². The van der Waals surface area contributed by atoms with E-state index in [4.69, 9.17) is 0 Å². The molecule has 0 fully saturated rings. The maximum atomic E-state index is 12.9. The van der Waals surface area contributed by atoms with Gasteiger partial charge in [0.1, 0.15) is 11.3 Å². The molecule has 134 valence electrons. The molecule has 0 saturated carbocycles. The predicted octanol–water partition coefficient (Wildman–Crippen LogP) is 4.91. The van der Waals surface area contributed by atoms with Crippen LogP contribution in [0.5, 0.6) is 0 Å². The number of amidine groups is 1. The van der Waals surface area contributed by atoms with Crippen molar-refractivity contribution in [3.8, 4) is 0 Å². The third-order valence-corrected chi connectivity index (χ3v) is 4.84. The third-order valence-electron chi connectivity index (χ3n) is 4.84. The summed E-state index contributed by atoms with van der Waals surface area (Å²) < 4.78 is 27.8. The fourth-order valence-corrected chi connectivity index (χ4v) is 3.73. The Hall–Kier alpha value is -3.54. The molecule has 0 radical (unpaired) electrons. The van der Waals surface area contributed by atoms with Crippen LogP contribution in [0.4, 0.5) is 8.63 Å². The Kier molecular flexibility index (Phi) is 3.90. The van der Waals surface area contributed by atoms with E-state index in [2.05, 4.69) is 9.90 Å². The number of aromatic nitrogens is 1. The van der Waals surface area contributed by atoms with Crippen molar-refractivity contribution in [1.82, 2.24) is 4.57 Å². The van der Waals surface area contributed by atoms with Crippen LogP contribution in [0.3, 0.4) is 0 Å². The standard InChI is InChI=1S/C22H14BF2N3/c24-23(25)27-20-14-6-12-18(15-7-2-1-3-8-15)28-19-13-5-10-16-9-4-11-17(21(16)19)22(28)26-20/h1-14H/b14-6-,18-12-,26-22?,27-20-. The summed E-state index contributed by atoms with van der Waals surface area (Å²) in [5, 5.41) is 3.05. The second-order valence-electron chi connectivity index (χ2n) is 6.49. The number of nitrogens with zero attached hydrogens (tertiary/aromatic N) is 3. The van der Waals surface area contributed by atoms with Crippen molar-refractivity contribution in [2.45, 2.75) is 0 Å². The lowest BCUT2D eigenvalue weighted by atomic mass is 10.1. The topological polar surface area (TPSA) is 29.6 Å². The fraction of sp³-hybridized carbons (Fsp3) is 0. The molecule has 1 aliphatic heterocycles. The lowest BCUT2D eigenvalue weighted by molar-refractivity contribution is 0.662. The first kappa shape index (κ1) is 16.6. The summed E-state index contributed by atoms with van der Waals surface area (Å²) >= 11 is 0. The molecule has 28 heavy (non-hydrogen) atoms. The van der Waals surface area contributed by atoms with Crippen LogP contribution < -0.4 is 5.49 Å². The van der Waals surface area contributed by atoms with E-state index >= 15 is 0 Å². The average molecular weight is 369 g/mol. The van der Waals surface area contributed by atoms with Gasteiger partial charge in [0.15, 0.2) is 0 Å². The summed E-state index contributed by atoms with van der Waals surface area (Å²) in [7, 11) is -2.81. The molecule has 1 aromatic heterocycles. The highest BCUT2D eigenvalue weighted by Crippen LogP contribution is 2.29. The molecule has 3 nitrogen and oxygen atoms in total. The van der Waals surface area contributed by atoms with Gasteiger partial charge in [-0.25, -0.2) is 4.99 Å². The van der Waals surface area contributed by atoms with Crippen molar-refractivity contribution in [3.05, 3.63) is 96.0 Å². The zero-order valence-electron chi connectivity index (χ0n) is 14.8. The first-order valence-corrected chi connectivity index (χ1v) is 8.93. The summed E-state index contributed by atoms with van der Waals surface area (Å²) in [6, 6.07) is 22.0. The maximum absolute atomic E-state index is 12.9. The lowest BCUT2D eigenvalue weighted by Gasteiger charge is -2.13. The highest BCUT2D eigenvalue weighted by molar-refractivity contribution is 6.43. The second-order valence-corrected chi connectivity index (χ2v) is 6.49. The van der Waals surface area contributed by atoms with Crippen LogP contribution in [0.25, 0.3) is 27.4 Å². The molecule has 0 spiro atoms. The number of allylic oxidation sites excluding steroid dienone is 2. The van der Waals surface area contributed by atoms with Crippen LogP contribution in [0.1, 0.15) is 5.56 Å². The van der Waals surface area contributed by atoms with E-state index in [0.717, 1.165) is 32.9 Å². The van der Waals surface area contributed by atoms with Crippen LogP contribution in [0.15, 0.2) is 94.9 Å². The first-order valence-electron chi connectivity index (χ1n) is 8.93. The monoisotopic (exact) mass is 369 g/mol. The van der Waals surface area contributed by atoms with Crippen molar-refractivity contribution < 1.29 is 8.63 Å². The smallest absolute Gasteiger partial charge is 0.293 e. The van der Waals surface area contributed by atoms with Gasteiger partial charge in [0.2, 0.25) is 0 Å². The van der Waals surface area contributed by atoms with Crippen LogP contribution in [0, 0.1) is 0 Å². The van der Waals surface area contributed by atoms with Crippen molar-refractivity contribution in [3.63, 3.8) is 0 Å². The summed E-state index contributed by atoms with van der Waals surface area (Å²) in [4.78, 5) is 7.91.